The summed E-state index contributed by atoms with van der Waals surface area (Å²) >= 11 is 0. The molecule has 0 bridgehead atoms. The van der Waals surface area contributed by atoms with Crippen LogP contribution in [0.4, 0.5) is 4.79 Å². The molecular formula is C17H12O3. The summed E-state index contributed by atoms with van der Waals surface area (Å²) in [6, 6.07) is 21.3. The molecule has 0 fully saturated rings. The number of carbonyl (C=O) groups is 1. The molecule has 0 unspecified atom stereocenters. The molecule has 98 valence electrons. The Balaban J connectivity index is 2.05. The van der Waals surface area contributed by atoms with Crippen LogP contribution in [0.2, 0.25) is 0 Å². The lowest BCUT2D eigenvalue weighted by atomic mass is 9.98. The predicted octanol–water partition coefficient (Wildman–Crippen LogP) is 4.56. The lowest BCUT2D eigenvalue weighted by Crippen LogP contribution is -2.02. The van der Waals surface area contributed by atoms with Crippen molar-refractivity contribution >= 4 is 16.9 Å². The van der Waals surface area contributed by atoms with Crippen molar-refractivity contribution in [2.45, 2.75) is 0 Å². The molecule has 20 heavy (non-hydrogen) atoms. The van der Waals surface area contributed by atoms with Crippen LogP contribution in [0.15, 0.2) is 66.7 Å². The van der Waals surface area contributed by atoms with Crippen LogP contribution >= 0.6 is 0 Å². The molecule has 0 aliphatic heterocycles. The summed E-state index contributed by atoms with van der Waals surface area (Å²) in [4.78, 5) is 10.5. The van der Waals surface area contributed by atoms with E-state index in [0.717, 1.165) is 11.1 Å². The summed E-state index contributed by atoms with van der Waals surface area (Å²) in [5, 5.41) is 10.9. The summed E-state index contributed by atoms with van der Waals surface area (Å²) in [5.74, 6) is 0.321. The topological polar surface area (TPSA) is 46.5 Å². The molecule has 0 saturated carbocycles. The highest BCUT2D eigenvalue weighted by Gasteiger charge is 2.05. The first-order chi connectivity index (χ1) is 9.74. The van der Waals surface area contributed by atoms with Crippen LogP contribution in [0.1, 0.15) is 0 Å². The highest BCUT2D eigenvalue weighted by atomic mass is 16.7. The predicted molar refractivity (Wildman–Crippen MR) is 78.0 cm³/mol. The van der Waals surface area contributed by atoms with Gasteiger partial charge in [-0.1, -0.05) is 54.6 Å². The van der Waals surface area contributed by atoms with Crippen LogP contribution in [0, 0.1) is 0 Å². The molecule has 0 saturated heterocycles. The standard InChI is InChI=1S/C17H12O3/c18-17(19)20-14-10-8-13(9-11-14)16-7-3-5-12-4-1-2-6-15(12)16/h1-11H,(H,18,19). The molecule has 3 heteroatoms. The minimum Gasteiger partial charge on any atom is -0.449 e. The Bertz CT molecular complexity index is 755. The number of hydrogen-bond donors (Lipinski definition) is 1. The number of rotatable bonds is 2. The summed E-state index contributed by atoms with van der Waals surface area (Å²) in [5.41, 5.74) is 2.14. The molecule has 0 amide bonds. The first kappa shape index (κ1) is 12.2. The lowest BCUT2D eigenvalue weighted by Gasteiger charge is -2.07. The smallest absolute Gasteiger partial charge is 0.449 e. The van der Waals surface area contributed by atoms with Crippen molar-refractivity contribution in [2.75, 3.05) is 0 Å². The minimum atomic E-state index is -1.30. The van der Waals surface area contributed by atoms with Crippen LogP contribution in [-0.4, -0.2) is 11.3 Å². The van der Waals surface area contributed by atoms with Crippen LogP contribution in [0.3, 0.4) is 0 Å². The molecule has 3 aromatic rings. The lowest BCUT2D eigenvalue weighted by molar-refractivity contribution is 0.144. The maximum absolute atomic E-state index is 10.5. The largest absolute Gasteiger partial charge is 0.511 e. The quantitative estimate of drug-likeness (QED) is 0.545. The van der Waals surface area contributed by atoms with E-state index < -0.39 is 6.16 Å². The van der Waals surface area contributed by atoms with E-state index in [0.29, 0.717) is 5.75 Å². The van der Waals surface area contributed by atoms with Gasteiger partial charge in [0.15, 0.2) is 0 Å². The summed E-state index contributed by atoms with van der Waals surface area (Å²) in [6.07, 6.45) is -1.30. The van der Waals surface area contributed by atoms with Crippen LogP contribution in [-0.2, 0) is 0 Å². The SMILES string of the molecule is O=C(O)Oc1ccc(-c2cccc3ccccc23)cc1. The Morgan fingerprint density at radius 3 is 2.30 bits per heavy atom. The number of ether oxygens (including phenoxy) is 1. The van der Waals surface area contributed by atoms with Crippen LogP contribution in [0.5, 0.6) is 5.75 Å². The third-order valence-electron chi connectivity index (χ3n) is 3.16. The normalized spacial score (nSPS) is 10.4. The van der Waals surface area contributed by atoms with Gasteiger partial charge in [-0.05, 0) is 34.0 Å². The van der Waals surface area contributed by atoms with Crippen molar-refractivity contribution in [2.24, 2.45) is 0 Å². The van der Waals surface area contributed by atoms with E-state index in [1.54, 1.807) is 12.1 Å². The molecule has 3 aromatic carbocycles. The Hall–Kier alpha value is -2.81. The van der Waals surface area contributed by atoms with E-state index in [4.69, 9.17) is 5.11 Å². The molecule has 0 heterocycles. The zero-order valence-electron chi connectivity index (χ0n) is 10.6. The Morgan fingerprint density at radius 1 is 0.850 bits per heavy atom. The Kier molecular flexibility index (Phi) is 3.09. The second kappa shape index (κ2) is 5.05. The fourth-order valence-electron chi connectivity index (χ4n) is 2.28. The van der Waals surface area contributed by atoms with Crippen molar-refractivity contribution in [3.8, 4) is 16.9 Å². The molecule has 0 aromatic heterocycles. The monoisotopic (exact) mass is 264 g/mol. The minimum absolute atomic E-state index is 0.321. The van der Waals surface area contributed by atoms with E-state index >= 15 is 0 Å². The average molecular weight is 264 g/mol. The van der Waals surface area contributed by atoms with Gasteiger partial charge in [0.1, 0.15) is 5.75 Å². The Labute approximate surface area is 116 Å². The molecule has 0 aliphatic rings. The van der Waals surface area contributed by atoms with Gasteiger partial charge < -0.3 is 9.84 Å². The molecule has 0 atom stereocenters. The van der Waals surface area contributed by atoms with Crippen molar-refractivity contribution in [1.29, 1.82) is 0 Å². The maximum Gasteiger partial charge on any atom is 0.511 e. The van der Waals surface area contributed by atoms with Gasteiger partial charge in [0.05, 0.1) is 0 Å². The average Bonchev–Trinajstić information content (AvgIpc) is 2.47. The molecule has 0 aliphatic carbocycles. The fraction of sp³-hybridized carbons (Fsp3) is 0. The van der Waals surface area contributed by atoms with Crippen LogP contribution < -0.4 is 4.74 Å². The third-order valence-corrected chi connectivity index (χ3v) is 3.16. The molecule has 1 N–H and O–H groups in total. The first-order valence-corrected chi connectivity index (χ1v) is 6.23. The molecule has 3 nitrogen and oxygen atoms in total. The van der Waals surface area contributed by atoms with Gasteiger partial charge in [-0.3, -0.25) is 0 Å². The zero-order valence-corrected chi connectivity index (χ0v) is 10.6. The van der Waals surface area contributed by atoms with Gasteiger partial charge in [-0.15, -0.1) is 0 Å². The molecule has 0 spiro atoms. The van der Waals surface area contributed by atoms with Gasteiger partial charge in [-0.2, -0.15) is 0 Å². The second-order valence-corrected chi connectivity index (χ2v) is 4.42. The summed E-state index contributed by atoms with van der Waals surface area (Å²) < 4.78 is 4.61. The van der Waals surface area contributed by atoms with E-state index in [9.17, 15) is 4.79 Å². The fourth-order valence-corrected chi connectivity index (χ4v) is 2.28. The van der Waals surface area contributed by atoms with Crippen molar-refractivity contribution in [3.63, 3.8) is 0 Å². The van der Waals surface area contributed by atoms with Gasteiger partial charge in [0.25, 0.3) is 0 Å². The zero-order chi connectivity index (χ0) is 13.9. The van der Waals surface area contributed by atoms with Crippen molar-refractivity contribution in [1.82, 2.24) is 0 Å². The van der Waals surface area contributed by atoms with Gasteiger partial charge >= 0.3 is 6.16 Å². The van der Waals surface area contributed by atoms with Crippen molar-refractivity contribution < 1.29 is 14.6 Å². The number of carboxylic acid groups (broad SMARTS) is 1. The van der Waals surface area contributed by atoms with E-state index in [2.05, 4.69) is 29.0 Å². The van der Waals surface area contributed by atoms with E-state index in [1.165, 1.54) is 10.8 Å². The van der Waals surface area contributed by atoms with E-state index in [1.807, 2.05) is 30.3 Å². The second-order valence-electron chi connectivity index (χ2n) is 4.42. The summed E-state index contributed by atoms with van der Waals surface area (Å²) in [7, 11) is 0. The Morgan fingerprint density at radius 2 is 1.55 bits per heavy atom. The maximum atomic E-state index is 10.5. The molecule has 3 rings (SSSR count). The molecule has 0 radical (unpaired) electrons. The van der Waals surface area contributed by atoms with E-state index in [-0.39, 0.29) is 0 Å². The number of benzene rings is 3. The molecular weight excluding hydrogens is 252 g/mol. The van der Waals surface area contributed by atoms with Crippen molar-refractivity contribution in [3.05, 3.63) is 66.7 Å². The number of hydrogen-bond acceptors (Lipinski definition) is 2. The van der Waals surface area contributed by atoms with Crippen LogP contribution in [0.25, 0.3) is 21.9 Å². The number of fused-ring (bicyclic) bond motifs is 1. The highest BCUT2D eigenvalue weighted by molar-refractivity contribution is 5.96. The van der Waals surface area contributed by atoms with Gasteiger partial charge in [-0.25, -0.2) is 4.79 Å². The first-order valence-electron chi connectivity index (χ1n) is 6.23. The third kappa shape index (κ3) is 2.34. The summed E-state index contributed by atoms with van der Waals surface area (Å²) in [6.45, 7) is 0. The highest BCUT2D eigenvalue weighted by Crippen LogP contribution is 2.29. The van der Waals surface area contributed by atoms with Gasteiger partial charge in [0.2, 0.25) is 0 Å². The van der Waals surface area contributed by atoms with Gasteiger partial charge in [0, 0.05) is 0 Å².